The van der Waals surface area contributed by atoms with Gasteiger partial charge in [-0.2, -0.15) is 0 Å². The molecular weight excluding hydrogens is 618 g/mol. The SMILES string of the molecule is C/C=C\C(=O)N(C=O)CCCC(=O)NCCC(=O)Nc1cc(COC)ccc1OC1CC(O)[C@H](O)C(C(=O)O)O1.CC.CC.CC=O. The van der Waals surface area contributed by atoms with Crippen LogP contribution < -0.4 is 15.4 Å². The molecule has 5 N–H and O–H groups in total. The van der Waals surface area contributed by atoms with E-state index in [0.717, 1.165) is 11.2 Å². The van der Waals surface area contributed by atoms with Gasteiger partial charge in [0.15, 0.2) is 6.10 Å². The Morgan fingerprint density at radius 3 is 2.23 bits per heavy atom. The summed E-state index contributed by atoms with van der Waals surface area (Å²) in [6.07, 6.45) is -2.03. The summed E-state index contributed by atoms with van der Waals surface area (Å²) in [5.41, 5.74) is 0.917. The topological polar surface area (TPSA) is 218 Å². The van der Waals surface area contributed by atoms with E-state index in [1.165, 1.54) is 32.3 Å². The first-order chi connectivity index (χ1) is 22.5. The number of hydrogen-bond donors (Lipinski definition) is 5. The monoisotopic (exact) mass is 669 g/mol. The summed E-state index contributed by atoms with van der Waals surface area (Å²) < 4.78 is 16.1. The van der Waals surface area contributed by atoms with Gasteiger partial charge in [-0.15, -0.1) is 0 Å². The van der Waals surface area contributed by atoms with Crippen molar-refractivity contribution in [3.63, 3.8) is 0 Å². The van der Waals surface area contributed by atoms with Crippen molar-refractivity contribution < 1.29 is 58.3 Å². The first-order valence-electron chi connectivity index (χ1n) is 15.4. The number of rotatable bonds is 15. The number of carboxylic acids is 1. The lowest BCUT2D eigenvalue weighted by Crippen LogP contribution is -2.53. The van der Waals surface area contributed by atoms with Crippen LogP contribution in [0.4, 0.5) is 5.69 Å². The second-order valence-corrected chi connectivity index (χ2v) is 9.12. The van der Waals surface area contributed by atoms with Gasteiger partial charge in [0.25, 0.3) is 5.91 Å². The van der Waals surface area contributed by atoms with Crippen LogP contribution in [-0.4, -0.2) is 101 Å². The van der Waals surface area contributed by atoms with Gasteiger partial charge < -0.3 is 45.0 Å². The second kappa shape index (κ2) is 27.0. The average molecular weight is 670 g/mol. The summed E-state index contributed by atoms with van der Waals surface area (Å²) in [6, 6.07) is 4.77. The molecule has 47 heavy (non-hydrogen) atoms. The lowest BCUT2D eigenvalue weighted by atomic mass is 10.0. The minimum Gasteiger partial charge on any atom is -0.479 e. The van der Waals surface area contributed by atoms with Crippen LogP contribution in [0.1, 0.15) is 72.8 Å². The molecule has 2 rings (SSSR count). The zero-order valence-corrected chi connectivity index (χ0v) is 28.3. The number of aliphatic hydroxyl groups excluding tert-OH is 2. The minimum absolute atomic E-state index is 0.0175. The van der Waals surface area contributed by atoms with E-state index in [1.54, 1.807) is 19.1 Å². The highest BCUT2D eigenvalue weighted by molar-refractivity contribution is 5.94. The fourth-order valence-electron chi connectivity index (χ4n) is 3.77. The molecule has 0 saturated carbocycles. The molecule has 1 aliphatic rings. The molecule has 15 nitrogen and oxygen atoms in total. The summed E-state index contributed by atoms with van der Waals surface area (Å²) in [5, 5.41) is 34.4. The van der Waals surface area contributed by atoms with E-state index in [4.69, 9.17) is 19.0 Å². The Morgan fingerprint density at radius 1 is 1.04 bits per heavy atom. The van der Waals surface area contributed by atoms with Crippen LogP contribution in [0.15, 0.2) is 30.4 Å². The van der Waals surface area contributed by atoms with Crippen molar-refractivity contribution in [3.8, 4) is 5.75 Å². The number of imide groups is 1. The van der Waals surface area contributed by atoms with Crippen LogP contribution in [-0.2, 0) is 44.8 Å². The highest BCUT2D eigenvalue weighted by atomic mass is 16.7. The number of benzene rings is 1. The number of ether oxygens (including phenoxy) is 3. The fourth-order valence-corrected chi connectivity index (χ4v) is 3.77. The maximum Gasteiger partial charge on any atom is 0.335 e. The summed E-state index contributed by atoms with van der Waals surface area (Å²) in [6.45, 7) is 11.4. The maximum absolute atomic E-state index is 12.6. The number of carboxylic acid groups (broad SMARTS) is 1. The van der Waals surface area contributed by atoms with Crippen molar-refractivity contribution >= 4 is 42.1 Å². The lowest BCUT2D eigenvalue weighted by molar-refractivity contribution is -0.228. The van der Waals surface area contributed by atoms with E-state index >= 15 is 0 Å². The number of aliphatic carboxylic acids is 1. The smallest absolute Gasteiger partial charge is 0.335 e. The Kier molecular flexibility index (Phi) is 25.8. The Bertz CT molecular complexity index is 1130. The molecule has 4 amide bonds. The molecule has 0 aromatic heterocycles. The summed E-state index contributed by atoms with van der Waals surface area (Å²) in [5.74, 6) is -2.63. The minimum atomic E-state index is -1.70. The molecule has 1 saturated heterocycles. The quantitative estimate of drug-likeness (QED) is 0.134. The second-order valence-electron chi connectivity index (χ2n) is 9.12. The highest BCUT2D eigenvalue weighted by Crippen LogP contribution is 2.31. The molecule has 0 bridgehead atoms. The van der Waals surface area contributed by atoms with Gasteiger partial charge in [-0.1, -0.05) is 39.8 Å². The van der Waals surface area contributed by atoms with Gasteiger partial charge in [-0.3, -0.25) is 24.1 Å². The molecule has 0 spiro atoms. The van der Waals surface area contributed by atoms with E-state index < -0.39 is 42.4 Å². The van der Waals surface area contributed by atoms with Gasteiger partial charge in [0.05, 0.1) is 18.4 Å². The van der Waals surface area contributed by atoms with Gasteiger partial charge in [0, 0.05) is 39.5 Å². The predicted octanol–water partition coefficient (Wildman–Crippen LogP) is 2.18. The first kappa shape index (κ1) is 44.9. The van der Waals surface area contributed by atoms with Crippen molar-refractivity contribution in [3.05, 3.63) is 35.9 Å². The van der Waals surface area contributed by atoms with Crippen LogP contribution in [0.2, 0.25) is 0 Å². The Balaban J connectivity index is 0. The van der Waals surface area contributed by atoms with Crippen molar-refractivity contribution in [2.75, 3.05) is 25.5 Å². The number of aldehydes is 1. The molecule has 1 aromatic rings. The number of methoxy groups -OCH3 is 1. The van der Waals surface area contributed by atoms with Crippen LogP contribution in [0.3, 0.4) is 0 Å². The van der Waals surface area contributed by atoms with Crippen LogP contribution in [0, 0.1) is 0 Å². The summed E-state index contributed by atoms with van der Waals surface area (Å²) >= 11 is 0. The number of aliphatic hydroxyl groups is 2. The Morgan fingerprint density at radius 2 is 1.68 bits per heavy atom. The molecule has 266 valence electrons. The molecular formula is C32H51N3O12. The van der Waals surface area contributed by atoms with Crippen LogP contribution in [0.25, 0.3) is 0 Å². The number of hydrogen-bond acceptors (Lipinski definition) is 11. The first-order valence-corrected chi connectivity index (χ1v) is 15.4. The van der Waals surface area contributed by atoms with Crippen molar-refractivity contribution in [1.29, 1.82) is 0 Å². The lowest BCUT2D eigenvalue weighted by Gasteiger charge is -2.35. The van der Waals surface area contributed by atoms with Crippen molar-refractivity contribution in [1.82, 2.24) is 10.2 Å². The van der Waals surface area contributed by atoms with E-state index in [0.29, 0.717) is 12.0 Å². The van der Waals surface area contributed by atoms with Crippen molar-refractivity contribution in [2.45, 2.75) is 98.4 Å². The molecule has 4 atom stereocenters. The Hall–Kier alpha value is -4.18. The predicted molar refractivity (Wildman–Crippen MR) is 173 cm³/mol. The van der Waals surface area contributed by atoms with E-state index in [-0.39, 0.29) is 62.7 Å². The third-order valence-corrected chi connectivity index (χ3v) is 5.76. The molecule has 1 fully saturated rings. The zero-order valence-electron chi connectivity index (χ0n) is 28.3. The van der Waals surface area contributed by atoms with E-state index in [1.807, 2.05) is 27.7 Å². The van der Waals surface area contributed by atoms with E-state index in [2.05, 4.69) is 10.6 Å². The number of nitrogens with zero attached hydrogens (tertiary/aromatic N) is 1. The van der Waals surface area contributed by atoms with Gasteiger partial charge >= 0.3 is 5.97 Å². The fraction of sp³-hybridized carbons (Fsp3) is 0.562. The van der Waals surface area contributed by atoms with Crippen molar-refractivity contribution in [2.24, 2.45) is 0 Å². The zero-order chi connectivity index (χ0) is 36.4. The van der Waals surface area contributed by atoms with Gasteiger partial charge in [0.1, 0.15) is 18.1 Å². The molecule has 15 heteroatoms. The molecule has 0 radical (unpaired) electrons. The molecule has 1 heterocycles. The highest BCUT2D eigenvalue weighted by Gasteiger charge is 2.42. The van der Waals surface area contributed by atoms with Crippen LogP contribution >= 0.6 is 0 Å². The number of carbonyl (C=O) groups is 6. The maximum atomic E-state index is 12.6. The average Bonchev–Trinajstić information content (AvgIpc) is 3.04. The number of allylic oxidation sites excluding steroid dienone is 1. The summed E-state index contributed by atoms with van der Waals surface area (Å²) in [7, 11) is 1.50. The third-order valence-electron chi connectivity index (χ3n) is 5.76. The summed E-state index contributed by atoms with van der Waals surface area (Å²) in [4.78, 5) is 68.5. The Labute approximate surface area is 276 Å². The molecule has 1 aliphatic heterocycles. The van der Waals surface area contributed by atoms with Gasteiger partial charge in [-0.05, 0) is 44.0 Å². The van der Waals surface area contributed by atoms with Crippen LogP contribution in [0.5, 0.6) is 5.75 Å². The number of carbonyl (C=O) groups excluding carboxylic acids is 5. The van der Waals surface area contributed by atoms with Gasteiger partial charge in [0.2, 0.25) is 24.5 Å². The number of amides is 4. The largest absolute Gasteiger partial charge is 0.479 e. The third kappa shape index (κ3) is 17.9. The normalized spacial score (nSPS) is 18.0. The standard InChI is InChI=1S/C26H35N3O11.C2H4O.2C2H6/c1-3-5-22(34)29(15-30)11-4-6-20(32)27-10-9-21(33)28-17-12-16(14-38-2)7-8-19(17)39-23-13-18(31)24(35)25(40-23)26(36)37;1-2-3;2*1-2/h3,5,7-8,12,15,18,23-25,31,35H,4,6,9-11,13-14H2,1-2H3,(H,27,32)(H,28,33)(H,36,37);2H,1H3;2*1-2H3/b5-3-;;;/t18?,23?,24-,25?;;;/m0.../s1. The van der Waals surface area contributed by atoms with Gasteiger partial charge in [-0.25, -0.2) is 4.79 Å². The number of nitrogens with one attached hydrogen (secondary N) is 2. The van der Waals surface area contributed by atoms with E-state index in [9.17, 15) is 39.3 Å². The molecule has 1 aromatic carbocycles. The molecule has 0 aliphatic carbocycles. The number of anilines is 1. The molecule has 3 unspecified atom stereocenters.